The molecule has 4 aromatic carbocycles. The van der Waals surface area contributed by atoms with Crippen molar-refractivity contribution in [2.75, 3.05) is 13.7 Å². The first-order valence-electron chi connectivity index (χ1n) is 13.6. The molecule has 0 N–H and O–H groups in total. The minimum atomic E-state index is -1.53. The molecular formula is C35H30N2O5. The molecule has 4 aromatic rings. The molecule has 1 amide bonds. The van der Waals surface area contributed by atoms with E-state index in [1.54, 1.807) is 87.0 Å². The van der Waals surface area contributed by atoms with Crippen molar-refractivity contribution in [3.05, 3.63) is 137 Å². The van der Waals surface area contributed by atoms with Gasteiger partial charge in [-0.25, -0.2) is 4.79 Å². The Morgan fingerprint density at radius 1 is 0.905 bits per heavy atom. The van der Waals surface area contributed by atoms with Crippen LogP contribution in [0.15, 0.2) is 103 Å². The maximum absolute atomic E-state index is 14.0. The molecule has 0 aliphatic carbocycles. The van der Waals surface area contributed by atoms with E-state index in [2.05, 4.69) is 6.07 Å². The van der Waals surface area contributed by atoms with Crippen LogP contribution in [0, 0.1) is 11.3 Å². The minimum absolute atomic E-state index is 0.0266. The van der Waals surface area contributed by atoms with E-state index in [1.165, 1.54) is 4.90 Å². The Morgan fingerprint density at radius 2 is 1.60 bits per heavy atom. The Hall–Kier alpha value is -5.35. The highest BCUT2D eigenvalue weighted by Gasteiger charge is 2.46. The third kappa shape index (κ3) is 5.48. The van der Waals surface area contributed by atoms with Crippen molar-refractivity contribution in [2.24, 2.45) is 0 Å². The van der Waals surface area contributed by atoms with Crippen LogP contribution >= 0.6 is 0 Å². The van der Waals surface area contributed by atoms with Crippen LogP contribution in [0.2, 0.25) is 0 Å². The van der Waals surface area contributed by atoms with Gasteiger partial charge >= 0.3 is 5.97 Å². The molecule has 1 atom stereocenters. The Kier molecular flexibility index (Phi) is 8.35. The standard InChI is InChI=1S/C35H30N2O5/c1-3-41-34(39)29-17-11-10-16-28(29)22-35(24-36)30-21-32(42-23-25-12-6-4-7-13-25)31(40-2)20-27(30)18-19-37(35)33(38)26-14-8-5-9-15-26/h4-21H,3,22-23H2,1-2H3. The van der Waals surface area contributed by atoms with E-state index in [4.69, 9.17) is 14.2 Å². The van der Waals surface area contributed by atoms with Crippen molar-refractivity contribution in [2.45, 2.75) is 25.5 Å². The fourth-order valence-electron chi connectivity index (χ4n) is 5.14. The molecule has 7 nitrogen and oxygen atoms in total. The van der Waals surface area contributed by atoms with Crippen LogP contribution in [0.4, 0.5) is 0 Å². The lowest BCUT2D eigenvalue weighted by atomic mass is 9.77. The highest BCUT2D eigenvalue weighted by Crippen LogP contribution is 2.44. The number of hydrogen-bond acceptors (Lipinski definition) is 6. The number of benzene rings is 4. The van der Waals surface area contributed by atoms with Crippen LogP contribution in [0.1, 0.15) is 49.9 Å². The summed E-state index contributed by atoms with van der Waals surface area (Å²) in [6, 6.07) is 31.6. The predicted molar refractivity (Wildman–Crippen MR) is 159 cm³/mol. The summed E-state index contributed by atoms with van der Waals surface area (Å²) in [5.41, 5.74) is 2.03. The van der Waals surface area contributed by atoms with Crippen LogP contribution in [-0.2, 0) is 23.3 Å². The van der Waals surface area contributed by atoms with Crippen molar-refractivity contribution in [1.29, 1.82) is 5.26 Å². The minimum Gasteiger partial charge on any atom is -0.493 e. The van der Waals surface area contributed by atoms with Gasteiger partial charge in [0, 0.05) is 23.7 Å². The zero-order valence-corrected chi connectivity index (χ0v) is 23.4. The van der Waals surface area contributed by atoms with Gasteiger partial charge in [-0.05, 0) is 60.0 Å². The van der Waals surface area contributed by atoms with E-state index in [0.29, 0.717) is 39.3 Å². The largest absolute Gasteiger partial charge is 0.493 e. The second-order valence-corrected chi connectivity index (χ2v) is 9.75. The molecular weight excluding hydrogens is 528 g/mol. The second-order valence-electron chi connectivity index (χ2n) is 9.75. The van der Waals surface area contributed by atoms with Gasteiger partial charge in [-0.3, -0.25) is 9.69 Å². The quantitative estimate of drug-likeness (QED) is 0.217. The fraction of sp³-hybridized carbons (Fsp3) is 0.171. The van der Waals surface area contributed by atoms with Gasteiger partial charge < -0.3 is 14.2 Å². The molecule has 5 rings (SSSR count). The maximum Gasteiger partial charge on any atom is 0.338 e. The molecule has 0 saturated carbocycles. The van der Waals surface area contributed by atoms with E-state index in [9.17, 15) is 14.9 Å². The topological polar surface area (TPSA) is 88.9 Å². The van der Waals surface area contributed by atoms with Gasteiger partial charge in [-0.15, -0.1) is 0 Å². The fourth-order valence-corrected chi connectivity index (χ4v) is 5.14. The number of esters is 1. The molecule has 0 aromatic heterocycles. The molecule has 1 aliphatic rings. The molecule has 0 spiro atoms. The second kappa shape index (κ2) is 12.4. The van der Waals surface area contributed by atoms with Crippen molar-refractivity contribution in [1.82, 2.24) is 4.90 Å². The van der Waals surface area contributed by atoms with Crippen LogP contribution in [-0.4, -0.2) is 30.5 Å². The predicted octanol–water partition coefficient (Wildman–Crippen LogP) is 6.54. The van der Waals surface area contributed by atoms with Crippen molar-refractivity contribution in [3.63, 3.8) is 0 Å². The van der Waals surface area contributed by atoms with Crippen LogP contribution in [0.3, 0.4) is 0 Å². The zero-order valence-electron chi connectivity index (χ0n) is 23.4. The molecule has 42 heavy (non-hydrogen) atoms. The third-order valence-corrected chi connectivity index (χ3v) is 7.22. The molecule has 0 saturated heterocycles. The number of carbonyl (C=O) groups is 2. The lowest BCUT2D eigenvalue weighted by Gasteiger charge is -2.41. The molecule has 0 fully saturated rings. The van der Waals surface area contributed by atoms with Gasteiger partial charge in [0.05, 0.1) is 25.3 Å². The van der Waals surface area contributed by atoms with E-state index in [-0.39, 0.29) is 25.5 Å². The Balaban J connectivity index is 1.66. The van der Waals surface area contributed by atoms with Gasteiger partial charge in [-0.1, -0.05) is 66.7 Å². The van der Waals surface area contributed by atoms with E-state index < -0.39 is 11.5 Å². The Bertz CT molecular complexity index is 1660. The number of carbonyl (C=O) groups excluding carboxylic acids is 2. The van der Waals surface area contributed by atoms with Gasteiger partial charge in [0.15, 0.2) is 17.0 Å². The molecule has 1 aliphatic heterocycles. The van der Waals surface area contributed by atoms with Crippen molar-refractivity contribution >= 4 is 18.0 Å². The average molecular weight is 559 g/mol. The summed E-state index contributed by atoms with van der Waals surface area (Å²) in [5, 5.41) is 11.0. The number of fused-ring (bicyclic) bond motifs is 1. The number of nitriles is 1. The number of hydrogen-bond donors (Lipinski definition) is 0. The summed E-state index contributed by atoms with van der Waals surface area (Å²) in [7, 11) is 1.56. The first-order valence-corrected chi connectivity index (χ1v) is 13.6. The molecule has 1 heterocycles. The number of rotatable bonds is 9. The average Bonchev–Trinajstić information content (AvgIpc) is 3.04. The van der Waals surface area contributed by atoms with Gasteiger partial charge in [0.25, 0.3) is 5.91 Å². The summed E-state index contributed by atoms with van der Waals surface area (Å²) in [6.45, 7) is 2.23. The first-order chi connectivity index (χ1) is 20.5. The summed E-state index contributed by atoms with van der Waals surface area (Å²) < 4.78 is 17.2. The molecule has 210 valence electrons. The highest BCUT2D eigenvalue weighted by atomic mass is 16.5. The number of methoxy groups -OCH3 is 1. The first kappa shape index (κ1) is 28.2. The number of nitrogens with zero attached hydrogens (tertiary/aromatic N) is 2. The van der Waals surface area contributed by atoms with Crippen LogP contribution < -0.4 is 9.47 Å². The van der Waals surface area contributed by atoms with E-state index in [1.807, 2.05) is 36.4 Å². The summed E-state index contributed by atoms with van der Waals surface area (Å²) in [4.78, 5) is 28.3. The number of amides is 1. The molecule has 1 unspecified atom stereocenters. The normalized spacial score (nSPS) is 15.3. The summed E-state index contributed by atoms with van der Waals surface area (Å²) >= 11 is 0. The smallest absolute Gasteiger partial charge is 0.338 e. The summed E-state index contributed by atoms with van der Waals surface area (Å²) in [5.74, 6) is 0.0855. The lowest BCUT2D eigenvalue weighted by molar-refractivity contribution is 0.0524. The third-order valence-electron chi connectivity index (χ3n) is 7.22. The monoisotopic (exact) mass is 558 g/mol. The van der Waals surface area contributed by atoms with Gasteiger partial charge in [0.2, 0.25) is 0 Å². The van der Waals surface area contributed by atoms with Gasteiger partial charge in [0.1, 0.15) is 6.61 Å². The van der Waals surface area contributed by atoms with Crippen LogP contribution in [0.5, 0.6) is 11.5 Å². The number of ether oxygens (including phenoxy) is 3. The van der Waals surface area contributed by atoms with Crippen LogP contribution in [0.25, 0.3) is 6.08 Å². The van der Waals surface area contributed by atoms with E-state index in [0.717, 1.165) is 5.56 Å². The molecule has 7 heteroatoms. The van der Waals surface area contributed by atoms with E-state index >= 15 is 0 Å². The summed E-state index contributed by atoms with van der Waals surface area (Å²) in [6.07, 6.45) is 3.43. The maximum atomic E-state index is 14.0. The van der Waals surface area contributed by atoms with Gasteiger partial charge in [-0.2, -0.15) is 5.26 Å². The SMILES string of the molecule is CCOC(=O)c1ccccc1CC1(C#N)c2cc(OCc3ccccc3)c(OC)cc2C=CN1C(=O)c1ccccc1. The lowest BCUT2D eigenvalue weighted by Crippen LogP contribution is -2.49. The highest BCUT2D eigenvalue weighted by molar-refractivity contribution is 5.97. The van der Waals surface area contributed by atoms with Crippen molar-refractivity contribution < 1.29 is 23.8 Å². The zero-order chi connectivity index (χ0) is 29.5. The van der Waals surface area contributed by atoms with Crippen molar-refractivity contribution in [3.8, 4) is 17.6 Å². The molecule has 0 bridgehead atoms. The molecule has 0 radical (unpaired) electrons. The Morgan fingerprint density at radius 3 is 2.29 bits per heavy atom. The Labute approximate surface area is 245 Å².